The van der Waals surface area contributed by atoms with Crippen molar-refractivity contribution >= 4 is 21.6 Å². The number of aromatic nitrogens is 3. The lowest BCUT2D eigenvalue weighted by Crippen LogP contribution is -2.36. The van der Waals surface area contributed by atoms with E-state index in [9.17, 15) is 5.11 Å². The van der Waals surface area contributed by atoms with Crippen LogP contribution < -0.4 is 5.32 Å². The van der Waals surface area contributed by atoms with Gasteiger partial charge < -0.3 is 10.4 Å². The zero-order valence-electron chi connectivity index (χ0n) is 11.9. The van der Waals surface area contributed by atoms with E-state index in [4.69, 9.17) is 0 Å². The molecule has 20 heavy (non-hydrogen) atoms. The molecule has 0 radical (unpaired) electrons. The summed E-state index contributed by atoms with van der Waals surface area (Å²) in [5, 5.41) is 13.0. The van der Waals surface area contributed by atoms with Gasteiger partial charge in [0, 0.05) is 31.3 Å². The Morgan fingerprint density at radius 1 is 1.30 bits per heavy atom. The first-order valence-electron chi connectivity index (χ1n) is 6.93. The molecule has 110 valence electrons. The summed E-state index contributed by atoms with van der Waals surface area (Å²) in [4.78, 5) is 8.49. The van der Waals surface area contributed by atoms with Gasteiger partial charge in [-0.05, 0) is 28.8 Å². The molecule has 0 aliphatic rings. The summed E-state index contributed by atoms with van der Waals surface area (Å²) in [5.74, 6) is 0. The molecule has 0 bridgehead atoms. The van der Waals surface area contributed by atoms with Crippen molar-refractivity contribution in [3.63, 3.8) is 0 Å². The lowest BCUT2D eigenvalue weighted by atomic mass is 9.83. The van der Waals surface area contributed by atoms with Crippen LogP contribution in [0.25, 0.3) is 5.65 Å². The van der Waals surface area contributed by atoms with Crippen molar-refractivity contribution in [1.82, 2.24) is 19.7 Å². The van der Waals surface area contributed by atoms with Crippen molar-refractivity contribution in [3.8, 4) is 0 Å². The first kappa shape index (κ1) is 15.4. The van der Waals surface area contributed by atoms with Crippen LogP contribution in [0.15, 0.2) is 23.2 Å². The van der Waals surface area contributed by atoms with Gasteiger partial charge >= 0.3 is 0 Å². The van der Waals surface area contributed by atoms with Crippen LogP contribution in [0.5, 0.6) is 0 Å². The number of aliphatic hydroxyl groups is 1. The second-order valence-electron chi connectivity index (χ2n) is 5.16. The molecular weight excluding hydrogens is 320 g/mol. The van der Waals surface area contributed by atoms with Gasteiger partial charge in [0.2, 0.25) is 0 Å². The molecule has 0 spiro atoms. The third kappa shape index (κ3) is 3.19. The number of nitrogens with zero attached hydrogens (tertiary/aromatic N) is 3. The number of aliphatic hydroxyl groups excluding tert-OH is 1. The Balaban J connectivity index is 2.04. The molecule has 0 saturated carbocycles. The van der Waals surface area contributed by atoms with E-state index in [1.165, 1.54) is 0 Å². The summed E-state index contributed by atoms with van der Waals surface area (Å²) >= 11 is 3.37. The molecule has 2 aromatic heterocycles. The van der Waals surface area contributed by atoms with Gasteiger partial charge in [-0.3, -0.25) is 4.40 Å². The highest BCUT2D eigenvalue weighted by Crippen LogP contribution is 2.24. The van der Waals surface area contributed by atoms with E-state index in [1.54, 1.807) is 6.20 Å². The molecule has 0 amide bonds. The average Bonchev–Trinajstić information content (AvgIpc) is 2.87. The summed E-state index contributed by atoms with van der Waals surface area (Å²) in [6, 6.07) is 0. The third-order valence-corrected chi connectivity index (χ3v) is 4.49. The van der Waals surface area contributed by atoms with Gasteiger partial charge in [-0.25, -0.2) is 9.97 Å². The van der Waals surface area contributed by atoms with Crippen LogP contribution >= 0.6 is 15.9 Å². The Morgan fingerprint density at radius 3 is 2.70 bits per heavy atom. The SMILES string of the molecule is CCC(CC)(CO)CNCc1cnc2cnc(Br)cn12. The van der Waals surface area contributed by atoms with Crippen LogP contribution in [0.2, 0.25) is 0 Å². The summed E-state index contributed by atoms with van der Waals surface area (Å²) in [6.07, 6.45) is 7.45. The van der Waals surface area contributed by atoms with E-state index in [2.05, 4.69) is 45.1 Å². The minimum Gasteiger partial charge on any atom is -0.396 e. The first-order valence-corrected chi connectivity index (χ1v) is 7.72. The second-order valence-corrected chi connectivity index (χ2v) is 5.97. The van der Waals surface area contributed by atoms with Crippen LogP contribution in [0.4, 0.5) is 0 Å². The van der Waals surface area contributed by atoms with Gasteiger partial charge in [0.15, 0.2) is 5.65 Å². The maximum absolute atomic E-state index is 9.57. The van der Waals surface area contributed by atoms with E-state index in [0.29, 0.717) is 0 Å². The van der Waals surface area contributed by atoms with E-state index < -0.39 is 0 Å². The van der Waals surface area contributed by atoms with Crippen LogP contribution in [0.1, 0.15) is 32.4 Å². The topological polar surface area (TPSA) is 62.5 Å². The van der Waals surface area contributed by atoms with Crippen molar-refractivity contribution in [3.05, 3.63) is 28.9 Å². The van der Waals surface area contributed by atoms with Crippen molar-refractivity contribution in [2.45, 2.75) is 33.2 Å². The highest BCUT2D eigenvalue weighted by molar-refractivity contribution is 9.10. The highest BCUT2D eigenvalue weighted by Gasteiger charge is 2.24. The Hall–Kier alpha value is -0.980. The molecule has 0 aliphatic heterocycles. The number of halogens is 1. The van der Waals surface area contributed by atoms with Gasteiger partial charge in [0.25, 0.3) is 0 Å². The number of fused-ring (bicyclic) bond motifs is 1. The maximum atomic E-state index is 9.57. The van der Waals surface area contributed by atoms with Gasteiger partial charge in [-0.15, -0.1) is 0 Å². The van der Waals surface area contributed by atoms with E-state index in [1.807, 2.05) is 16.8 Å². The van der Waals surface area contributed by atoms with Gasteiger partial charge in [0.05, 0.1) is 18.1 Å². The zero-order chi connectivity index (χ0) is 14.6. The summed E-state index contributed by atoms with van der Waals surface area (Å²) in [5.41, 5.74) is 1.90. The summed E-state index contributed by atoms with van der Waals surface area (Å²) < 4.78 is 2.80. The number of imidazole rings is 1. The quantitative estimate of drug-likeness (QED) is 0.812. The van der Waals surface area contributed by atoms with Crippen molar-refractivity contribution in [2.75, 3.05) is 13.2 Å². The molecule has 5 nitrogen and oxygen atoms in total. The summed E-state index contributed by atoms with van der Waals surface area (Å²) in [7, 11) is 0. The fourth-order valence-corrected chi connectivity index (χ4v) is 2.59. The van der Waals surface area contributed by atoms with Crippen LogP contribution in [0.3, 0.4) is 0 Å². The van der Waals surface area contributed by atoms with E-state index in [-0.39, 0.29) is 12.0 Å². The van der Waals surface area contributed by atoms with Gasteiger partial charge in [-0.2, -0.15) is 0 Å². The zero-order valence-corrected chi connectivity index (χ0v) is 13.5. The predicted octanol–water partition coefficient (Wildman–Crippen LogP) is 2.38. The molecule has 2 rings (SSSR count). The smallest absolute Gasteiger partial charge is 0.155 e. The molecule has 2 N–H and O–H groups in total. The van der Waals surface area contributed by atoms with Gasteiger partial charge in [-0.1, -0.05) is 13.8 Å². The fraction of sp³-hybridized carbons (Fsp3) is 0.571. The summed E-state index contributed by atoms with van der Waals surface area (Å²) in [6.45, 7) is 5.99. The number of hydrogen-bond donors (Lipinski definition) is 2. The molecule has 2 heterocycles. The highest BCUT2D eigenvalue weighted by atomic mass is 79.9. The number of rotatable bonds is 7. The molecule has 0 aromatic carbocycles. The van der Waals surface area contributed by atoms with Crippen LogP contribution in [0, 0.1) is 5.41 Å². The van der Waals surface area contributed by atoms with Crippen molar-refractivity contribution in [2.24, 2.45) is 5.41 Å². The van der Waals surface area contributed by atoms with Crippen LogP contribution in [-0.2, 0) is 6.54 Å². The Kier molecular flexibility index (Phi) is 5.12. The molecule has 2 aromatic rings. The fourth-order valence-electron chi connectivity index (χ4n) is 2.28. The average molecular weight is 341 g/mol. The minimum absolute atomic E-state index is 0.0252. The number of hydrogen-bond acceptors (Lipinski definition) is 4. The molecule has 0 aliphatic carbocycles. The lowest BCUT2D eigenvalue weighted by molar-refractivity contribution is 0.113. The molecule has 6 heteroatoms. The monoisotopic (exact) mass is 340 g/mol. The minimum atomic E-state index is -0.0252. The largest absolute Gasteiger partial charge is 0.396 e. The molecule has 0 saturated heterocycles. The Labute approximate surface area is 127 Å². The van der Waals surface area contributed by atoms with Crippen LogP contribution in [-0.4, -0.2) is 32.6 Å². The predicted molar refractivity (Wildman–Crippen MR) is 82.5 cm³/mol. The standard InChI is InChI=1S/C14H21BrN4O/c1-3-14(4-2,10-20)9-16-5-11-6-18-13-7-17-12(15)8-19(11)13/h6-8,16,20H,3-5,9-10H2,1-2H3. The van der Waals surface area contributed by atoms with Crippen molar-refractivity contribution in [1.29, 1.82) is 0 Å². The van der Waals surface area contributed by atoms with E-state index >= 15 is 0 Å². The van der Waals surface area contributed by atoms with Crippen molar-refractivity contribution < 1.29 is 5.11 Å². The third-order valence-electron chi connectivity index (χ3n) is 4.08. The molecule has 0 atom stereocenters. The van der Waals surface area contributed by atoms with Gasteiger partial charge in [0.1, 0.15) is 4.60 Å². The molecule has 0 unspecified atom stereocenters. The number of nitrogens with one attached hydrogen (secondary N) is 1. The molecular formula is C14H21BrN4O. The first-order chi connectivity index (χ1) is 9.64. The normalized spacial score (nSPS) is 12.2. The maximum Gasteiger partial charge on any atom is 0.155 e. The molecule has 0 fully saturated rings. The van der Waals surface area contributed by atoms with E-state index in [0.717, 1.165) is 41.9 Å². The lowest BCUT2D eigenvalue weighted by Gasteiger charge is -2.29. The Morgan fingerprint density at radius 2 is 2.05 bits per heavy atom. The second kappa shape index (κ2) is 6.65. The Bertz CT molecular complexity index is 557.